The summed E-state index contributed by atoms with van der Waals surface area (Å²) in [6.45, 7) is 4.28. The summed E-state index contributed by atoms with van der Waals surface area (Å²) in [6.07, 6.45) is 1.07. The van der Waals surface area contributed by atoms with Gasteiger partial charge in [0.05, 0.1) is 13.2 Å². The first-order chi connectivity index (χ1) is 19.9. The zero-order valence-corrected chi connectivity index (χ0v) is 23.4. The first-order valence-electron chi connectivity index (χ1n) is 14.1. The van der Waals surface area contributed by atoms with E-state index >= 15 is 0 Å². The molecule has 0 aliphatic carbocycles. The zero-order valence-electron chi connectivity index (χ0n) is 23.4. The minimum Gasteiger partial charge on any atom is -0.497 e. The zero-order chi connectivity index (χ0) is 28.7. The Kier molecular flexibility index (Phi) is 6.99. The van der Waals surface area contributed by atoms with Crippen LogP contribution in [-0.2, 0) is 22.6 Å². The van der Waals surface area contributed by atoms with E-state index in [9.17, 15) is 14.4 Å². The van der Waals surface area contributed by atoms with Crippen molar-refractivity contribution >= 4 is 28.6 Å². The Balaban J connectivity index is 1.29. The Morgan fingerprint density at radius 1 is 1.05 bits per heavy atom. The number of ether oxygens (including phenoxy) is 1. The molecule has 4 aromatic rings. The van der Waals surface area contributed by atoms with Gasteiger partial charge < -0.3 is 25.3 Å². The molecule has 0 saturated heterocycles. The number of para-hydroxylation sites is 1. The number of benzene rings is 3. The Bertz CT molecular complexity index is 1630. The number of hydrogen-bond donors (Lipinski definition) is 3. The van der Waals surface area contributed by atoms with Gasteiger partial charge in [0, 0.05) is 35.1 Å². The van der Waals surface area contributed by atoms with E-state index in [0.29, 0.717) is 24.9 Å². The van der Waals surface area contributed by atoms with Crippen LogP contribution >= 0.6 is 0 Å². The third-order valence-corrected chi connectivity index (χ3v) is 8.57. The van der Waals surface area contributed by atoms with Gasteiger partial charge in [0.1, 0.15) is 17.8 Å². The average molecular weight is 551 g/mol. The van der Waals surface area contributed by atoms with Crippen LogP contribution in [-0.4, -0.2) is 46.8 Å². The summed E-state index contributed by atoms with van der Waals surface area (Å²) >= 11 is 0. The lowest BCUT2D eigenvalue weighted by atomic mass is 9.89. The molecular weight excluding hydrogens is 516 g/mol. The monoisotopic (exact) mass is 550 g/mol. The highest BCUT2D eigenvalue weighted by Gasteiger charge is 2.49. The van der Waals surface area contributed by atoms with Crippen LogP contribution in [0.5, 0.6) is 5.75 Å². The Morgan fingerprint density at radius 3 is 2.54 bits per heavy atom. The van der Waals surface area contributed by atoms with Gasteiger partial charge in [0.15, 0.2) is 0 Å². The molecule has 41 heavy (non-hydrogen) atoms. The molecule has 6 rings (SSSR count). The molecule has 3 N–H and O–H groups in total. The predicted octanol–water partition coefficient (Wildman–Crippen LogP) is 4.49. The van der Waals surface area contributed by atoms with E-state index in [1.807, 2.05) is 86.6 Å². The molecule has 3 heterocycles. The Labute approximate surface area is 239 Å². The normalized spacial score (nSPS) is 18.7. The Morgan fingerprint density at radius 2 is 1.78 bits per heavy atom. The van der Waals surface area contributed by atoms with Gasteiger partial charge in [-0.2, -0.15) is 0 Å². The molecule has 210 valence electrons. The predicted molar refractivity (Wildman–Crippen MR) is 156 cm³/mol. The Hall–Kier alpha value is -4.59. The average Bonchev–Trinajstić information content (AvgIpc) is 3.53. The van der Waals surface area contributed by atoms with Gasteiger partial charge in [-0.3, -0.25) is 14.4 Å². The summed E-state index contributed by atoms with van der Waals surface area (Å²) in [4.78, 5) is 46.5. The van der Waals surface area contributed by atoms with Crippen LogP contribution in [0.2, 0.25) is 0 Å². The van der Waals surface area contributed by atoms with E-state index in [0.717, 1.165) is 39.0 Å². The lowest BCUT2D eigenvalue weighted by Crippen LogP contribution is -2.58. The lowest BCUT2D eigenvalue weighted by Gasteiger charge is -2.38. The summed E-state index contributed by atoms with van der Waals surface area (Å²) in [6, 6.07) is 21.2. The van der Waals surface area contributed by atoms with Crippen molar-refractivity contribution < 1.29 is 19.1 Å². The summed E-state index contributed by atoms with van der Waals surface area (Å²) in [7, 11) is 1.61. The second-order valence-electron chi connectivity index (χ2n) is 10.9. The fraction of sp³-hybridized carbons (Fsp3) is 0.303. The number of amides is 3. The van der Waals surface area contributed by atoms with Gasteiger partial charge in [0.2, 0.25) is 11.8 Å². The fourth-order valence-corrected chi connectivity index (χ4v) is 6.13. The van der Waals surface area contributed by atoms with Crippen LogP contribution in [0.1, 0.15) is 59.1 Å². The van der Waals surface area contributed by atoms with Crippen LogP contribution in [0.3, 0.4) is 0 Å². The largest absolute Gasteiger partial charge is 0.497 e. The number of aromatic nitrogens is 1. The number of carbonyl (C=O) groups excluding carboxylic acids is 3. The molecule has 3 amide bonds. The highest BCUT2D eigenvalue weighted by molar-refractivity contribution is 6.04. The van der Waals surface area contributed by atoms with Crippen LogP contribution in [0.4, 0.5) is 0 Å². The topological polar surface area (TPSA) is 104 Å². The number of hydrogen-bond acceptors (Lipinski definition) is 4. The summed E-state index contributed by atoms with van der Waals surface area (Å²) < 4.78 is 5.21. The van der Waals surface area contributed by atoms with Gasteiger partial charge in [-0.05, 0) is 46.9 Å². The molecule has 0 spiro atoms. The standard InChI is InChI=1S/C33H34N4O4/c1-4-19(2)28(32(39)34-18-20-13-15-21(41-3)16-14-20)36-31(38)27-17-25-22-9-7-8-12-26(22)35-29(25)30-23-10-5-6-11-24(23)33(40)37(27)30/h5-16,19,27-28,30,35H,4,17-18H2,1-3H3,(H,34,39)(H,36,38)/t19-,27+,28+,30+/m1/s1. The van der Waals surface area contributed by atoms with E-state index in [1.165, 1.54) is 0 Å². The van der Waals surface area contributed by atoms with Crippen molar-refractivity contribution in [3.63, 3.8) is 0 Å². The molecule has 2 aliphatic rings. The molecule has 4 atom stereocenters. The first-order valence-corrected chi connectivity index (χ1v) is 14.1. The highest BCUT2D eigenvalue weighted by Crippen LogP contribution is 2.46. The van der Waals surface area contributed by atoms with Crippen LogP contribution in [0.15, 0.2) is 72.8 Å². The van der Waals surface area contributed by atoms with Gasteiger partial charge >= 0.3 is 0 Å². The summed E-state index contributed by atoms with van der Waals surface area (Å²) in [5, 5.41) is 7.08. The molecule has 0 radical (unpaired) electrons. The van der Waals surface area contributed by atoms with Crippen molar-refractivity contribution in [1.29, 1.82) is 0 Å². The number of carbonyl (C=O) groups is 3. The second-order valence-corrected chi connectivity index (χ2v) is 10.9. The van der Waals surface area contributed by atoms with E-state index in [-0.39, 0.29) is 23.6 Å². The second kappa shape index (κ2) is 10.8. The van der Waals surface area contributed by atoms with Crippen molar-refractivity contribution in [3.05, 3.63) is 101 Å². The van der Waals surface area contributed by atoms with Gasteiger partial charge in [-0.15, -0.1) is 0 Å². The molecule has 2 aliphatic heterocycles. The number of rotatable bonds is 8. The quantitative estimate of drug-likeness (QED) is 0.301. The number of H-pyrrole nitrogens is 1. The molecule has 0 fully saturated rings. The van der Waals surface area contributed by atoms with Gasteiger partial charge in [-0.25, -0.2) is 0 Å². The fourth-order valence-electron chi connectivity index (χ4n) is 6.13. The lowest BCUT2D eigenvalue weighted by molar-refractivity contribution is -0.133. The summed E-state index contributed by atoms with van der Waals surface area (Å²) in [5.41, 5.74) is 5.39. The van der Waals surface area contributed by atoms with Gasteiger partial charge in [0.25, 0.3) is 5.91 Å². The molecule has 3 aromatic carbocycles. The van der Waals surface area contributed by atoms with Crippen molar-refractivity contribution in [3.8, 4) is 5.75 Å². The number of methoxy groups -OCH3 is 1. The SMILES string of the molecule is CC[C@@H](C)[C@H](NC(=O)[C@@H]1Cc2c([nH]c3ccccc23)[C@@H]2c3ccccc3C(=O)N21)C(=O)NCc1ccc(OC)cc1. The third kappa shape index (κ3) is 4.63. The van der Waals surface area contributed by atoms with E-state index in [2.05, 4.69) is 15.6 Å². The third-order valence-electron chi connectivity index (χ3n) is 8.57. The maximum Gasteiger partial charge on any atom is 0.255 e. The highest BCUT2D eigenvalue weighted by atomic mass is 16.5. The van der Waals surface area contributed by atoms with Crippen LogP contribution in [0.25, 0.3) is 10.9 Å². The first kappa shape index (κ1) is 26.6. The van der Waals surface area contributed by atoms with Crippen molar-refractivity contribution in [2.24, 2.45) is 5.92 Å². The van der Waals surface area contributed by atoms with Crippen molar-refractivity contribution in [2.75, 3.05) is 7.11 Å². The number of aromatic amines is 1. The van der Waals surface area contributed by atoms with Crippen molar-refractivity contribution in [2.45, 2.75) is 51.4 Å². The molecule has 0 unspecified atom stereocenters. The molecule has 0 bridgehead atoms. The van der Waals surface area contributed by atoms with Crippen molar-refractivity contribution in [1.82, 2.24) is 20.5 Å². The van der Waals surface area contributed by atoms with E-state index in [4.69, 9.17) is 4.74 Å². The number of nitrogens with zero attached hydrogens (tertiary/aromatic N) is 1. The molecule has 8 nitrogen and oxygen atoms in total. The number of fused-ring (bicyclic) bond motifs is 7. The van der Waals surface area contributed by atoms with E-state index in [1.54, 1.807) is 12.0 Å². The maximum absolute atomic E-state index is 14.1. The summed E-state index contributed by atoms with van der Waals surface area (Å²) in [5.74, 6) is -0.104. The van der Waals surface area contributed by atoms with Crippen LogP contribution < -0.4 is 15.4 Å². The number of nitrogens with one attached hydrogen (secondary N) is 3. The van der Waals surface area contributed by atoms with Crippen LogP contribution in [0, 0.1) is 5.92 Å². The van der Waals surface area contributed by atoms with E-state index < -0.39 is 18.1 Å². The smallest absolute Gasteiger partial charge is 0.255 e. The molecular formula is C33H34N4O4. The molecule has 1 aromatic heterocycles. The minimum atomic E-state index is -0.757. The molecule has 0 saturated carbocycles. The van der Waals surface area contributed by atoms with Gasteiger partial charge in [-0.1, -0.05) is 68.8 Å². The maximum atomic E-state index is 14.1. The minimum absolute atomic E-state index is 0.107. The molecule has 8 heteroatoms.